The molecule has 2 aromatic carbocycles. The SMILES string of the molecule is COc1ccc(OC)c2c(/C=C/C(=O)O)ccc(/C=C/C(=O)O)c12. The van der Waals surface area contributed by atoms with Gasteiger partial charge in [0, 0.05) is 22.9 Å². The fourth-order valence-corrected chi connectivity index (χ4v) is 2.42. The molecule has 0 radical (unpaired) electrons. The Balaban J connectivity index is 2.85. The summed E-state index contributed by atoms with van der Waals surface area (Å²) in [6.45, 7) is 0. The minimum absolute atomic E-state index is 0.529. The zero-order valence-electron chi connectivity index (χ0n) is 13.1. The van der Waals surface area contributed by atoms with Gasteiger partial charge in [-0.3, -0.25) is 0 Å². The van der Waals surface area contributed by atoms with Gasteiger partial charge in [-0.05, 0) is 35.4 Å². The van der Waals surface area contributed by atoms with Crippen molar-refractivity contribution >= 4 is 34.9 Å². The first-order valence-corrected chi connectivity index (χ1v) is 6.97. The van der Waals surface area contributed by atoms with Gasteiger partial charge in [0.2, 0.25) is 0 Å². The van der Waals surface area contributed by atoms with Crippen molar-refractivity contribution < 1.29 is 29.3 Å². The molecule has 6 heteroatoms. The molecule has 0 aliphatic heterocycles. The van der Waals surface area contributed by atoms with Gasteiger partial charge in [-0.25, -0.2) is 9.59 Å². The second-order valence-corrected chi connectivity index (χ2v) is 4.81. The Hall–Kier alpha value is -3.28. The van der Waals surface area contributed by atoms with Crippen LogP contribution < -0.4 is 9.47 Å². The van der Waals surface area contributed by atoms with Crippen molar-refractivity contribution in [3.63, 3.8) is 0 Å². The number of hydrogen-bond acceptors (Lipinski definition) is 4. The molecular formula is C18H16O6. The molecule has 24 heavy (non-hydrogen) atoms. The molecule has 0 bridgehead atoms. The normalized spacial score (nSPS) is 11.2. The van der Waals surface area contributed by atoms with Crippen LogP contribution in [0, 0.1) is 0 Å². The highest BCUT2D eigenvalue weighted by molar-refractivity contribution is 6.05. The summed E-state index contributed by atoms with van der Waals surface area (Å²) < 4.78 is 10.8. The summed E-state index contributed by atoms with van der Waals surface area (Å²) in [5, 5.41) is 19.0. The number of benzene rings is 2. The maximum atomic E-state index is 10.8. The van der Waals surface area contributed by atoms with E-state index in [0.29, 0.717) is 33.4 Å². The number of carboxylic acids is 2. The van der Waals surface area contributed by atoms with Crippen molar-refractivity contribution in [2.45, 2.75) is 0 Å². The summed E-state index contributed by atoms with van der Waals surface area (Å²) in [5.41, 5.74) is 1.24. The fraction of sp³-hybridized carbons (Fsp3) is 0.111. The summed E-state index contributed by atoms with van der Waals surface area (Å²) in [6, 6.07) is 6.82. The lowest BCUT2D eigenvalue weighted by Crippen LogP contribution is -1.95. The highest BCUT2D eigenvalue weighted by Crippen LogP contribution is 2.38. The van der Waals surface area contributed by atoms with Gasteiger partial charge in [0.05, 0.1) is 14.2 Å². The lowest BCUT2D eigenvalue weighted by Gasteiger charge is -2.14. The highest BCUT2D eigenvalue weighted by Gasteiger charge is 2.13. The molecule has 6 nitrogen and oxygen atoms in total. The van der Waals surface area contributed by atoms with Gasteiger partial charge in [-0.1, -0.05) is 12.1 Å². The van der Waals surface area contributed by atoms with Crippen molar-refractivity contribution in [1.29, 1.82) is 0 Å². The van der Waals surface area contributed by atoms with Crippen molar-refractivity contribution in [1.82, 2.24) is 0 Å². The van der Waals surface area contributed by atoms with Crippen LogP contribution in [0.2, 0.25) is 0 Å². The van der Waals surface area contributed by atoms with Gasteiger partial charge in [0.1, 0.15) is 11.5 Å². The zero-order chi connectivity index (χ0) is 17.7. The zero-order valence-corrected chi connectivity index (χ0v) is 13.1. The van der Waals surface area contributed by atoms with E-state index in [1.54, 1.807) is 24.3 Å². The molecule has 0 spiro atoms. The van der Waals surface area contributed by atoms with Gasteiger partial charge < -0.3 is 19.7 Å². The lowest BCUT2D eigenvalue weighted by atomic mass is 9.97. The second kappa shape index (κ2) is 7.32. The van der Waals surface area contributed by atoms with E-state index in [1.165, 1.54) is 26.4 Å². The Morgan fingerprint density at radius 1 is 0.792 bits per heavy atom. The number of hydrogen-bond donors (Lipinski definition) is 2. The Bertz CT molecular complexity index is 778. The van der Waals surface area contributed by atoms with Crippen LogP contribution in [0.25, 0.3) is 22.9 Å². The Morgan fingerprint density at radius 3 is 1.46 bits per heavy atom. The summed E-state index contributed by atoms with van der Waals surface area (Å²) in [7, 11) is 3.01. The number of methoxy groups -OCH3 is 2. The minimum atomic E-state index is -1.07. The largest absolute Gasteiger partial charge is 0.496 e. The lowest BCUT2D eigenvalue weighted by molar-refractivity contribution is -0.132. The van der Waals surface area contributed by atoms with Crippen molar-refractivity contribution in [3.8, 4) is 11.5 Å². The molecule has 0 heterocycles. The van der Waals surface area contributed by atoms with Crippen LogP contribution in [0.5, 0.6) is 11.5 Å². The quantitative estimate of drug-likeness (QED) is 0.792. The number of carboxylic acid groups (broad SMARTS) is 2. The molecule has 124 valence electrons. The first kappa shape index (κ1) is 17.1. The van der Waals surface area contributed by atoms with E-state index in [4.69, 9.17) is 19.7 Å². The first-order valence-electron chi connectivity index (χ1n) is 6.97. The maximum Gasteiger partial charge on any atom is 0.328 e. The number of aliphatic carboxylic acids is 2. The molecule has 0 aliphatic rings. The van der Waals surface area contributed by atoms with Gasteiger partial charge in [0.25, 0.3) is 0 Å². The molecular weight excluding hydrogens is 312 g/mol. The van der Waals surface area contributed by atoms with E-state index in [2.05, 4.69) is 0 Å². The van der Waals surface area contributed by atoms with E-state index in [1.807, 2.05) is 0 Å². The van der Waals surface area contributed by atoms with Crippen LogP contribution >= 0.6 is 0 Å². The van der Waals surface area contributed by atoms with E-state index in [-0.39, 0.29) is 0 Å². The molecule has 0 aromatic heterocycles. The van der Waals surface area contributed by atoms with Crippen molar-refractivity contribution in [2.75, 3.05) is 14.2 Å². The molecule has 0 saturated heterocycles. The fourth-order valence-electron chi connectivity index (χ4n) is 2.42. The van der Waals surface area contributed by atoms with E-state index in [9.17, 15) is 9.59 Å². The smallest absolute Gasteiger partial charge is 0.328 e. The van der Waals surface area contributed by atoms with E-state index in [0.717, 1.165) is 12.2 Å². The molecule has 0 fully saturated rings. The average molecular weight is 328 g/mol. The van der Waals surface area contributed by atoms with Crippen LogP contribution in [0.4, 0.5) is 0 Å². The molecule has 0 atom stereocenters. The third kappa shape index (κ3) is 3.55. The monoisotopic (exact) mass is 328 g/mol. The van der Waals surface area contributed by atoms with Crippen LogP contribution in [0.1, 0.15) is 11.1 Å². The molecule has 0 unspecified atom stereocenters. The van der Waals surface area contributed by atoms with Gasteiger partial charge >= 0.3 is 11.9 Å². The van der Waals surface area contributed by atoms with Crippen molar-refractivity contribution in [2.24, 2.45) is 0 Å². The molecule has 2 aromatic rings. The summed E-state index contributed by atoms with van der Waals surface area (Å²) >= 11 is 0. The summed E-state index contributed by atoms with van der Waals surface area (Å²) in [4.78, 5) is 21.6. The molecule has 0 saturated carbocycles. The average Bonchev–Trinajstić information content (AvgIpc) is 2.57. The molecule has 0 amide bonds. The first-order chi connectivity index (χ1) is 11.5. The van der Waals surface area contributed by atoms with Crippen LogP contribution in [0.3, 0.4) is 0 Å². The van der Waals surface area contributed by atoms with Gasteiger partial charge in [0.15, 0.2) is 0 Å². The number of fused-ring (bicyclic) bond motifs is 1. The number of ether oxygens (including phenoxy) is 2. The number of carbonyl (C=O) groups is 2. The van der Waals surface area contributed by atoms with E-state index < -0.39 is 11.9 Å². The predicted octanol–water partition coefficient (Wildman–Crippen LogP) is 3.05. The minimum Gasteiger partial charge on any atom is -0.496 e. The Morgan fingerprint density at radius 2 is 1.17 bits per heavy atom. The highest BCUT2D eigenvalue weighted by atomic mass is 16.5. The Kier molecular flexibility index (Phi) is 5.21. The molecule has 2 N–H and O–H groups in total. The van der Waals surface area contributed by atoms with Crippen molar-refractivity contribution in [3.05, 3.63) is 47.5 Å². The maximum absolute atomic E-state index is 10.8. The summed E-state index contributed by atoms with van der Waals surface area (Å²) in [6.07, 6.45) is 4.97. The third-order valence-electron chi connectivity index (χ3n) is 3.40. The van der Waals surface area contributed by atoms with Crippen LogP contribution in [-0.4, -0.2) is 36.4 Å². The Labute approximate surface area is 138 Å². The van der Waals surface area contributed by atoms with Gasteiger partial charge in [-0.2, -0.15) is 0 Å². The third-order valence-corrected chi connectivity index (χ3v) is 3.40. The summed E-state index contributed by atoms with van der Waals surface area (Å²) in [5.74, 6) is -1.08. The molecule has 0 aliphatic carbocycles. The van der Waals surface area contributed by atoms with Crippen LogP contribution in [0.15, 0.2) is 36.4 Å². The topological polar surface area (TPSA) is 93.1 Å². The molecule has 2 rings (SSSR count). The van der Waals surface area contributed by atoms with Gasteiger partial charge in [-0.15, -0.1) is 0 Å². The van der Waals surface area contributed by atoms with E-state index >= 15 is 0 Å². The standard InChI is InChI=1S/C18H16O6/c1-23-13-7-8-14(24-2)18-12(6-10-16(21)22)4-3-11(17(13)18)5-9-15(19)20/h3-10H,1-2H3,(H,19,20)(H,21,22)/b9-5+,10-6+. The number of rotatable bonds is 6. The predicted molar refractivity (Wildman–Crippen MR) is 90.4 cm³/mol. The van der Waals surface area contributed by atoms with Crippen LogP contribution in [-0.2, 0) is 9.59 Å². The second-order valence-electron chi connectivity index (χ2n) is 4.81.